The summed E-state index contributed by atoms with van der Waals surface area (Å²) in [6.45, 7) is 4.08. The fourth-order valence-corrected chi connectivity index (χ4v) is 2.16. The summed E-state index contributed by atoms with van der Waals surface area (Å²) in [6.07, 6.45) is 0. The van der Waals surface area contributed by atoms with Crippen LogP contribution in [0.3, 0.4) is 0 Å². The van der Waals surface area contributed by atoms with Crippen molar-refractivity contribution >= 4 is 23.4 Å². The minimum atomic E-state index is -0.492. The summed E-state index contributed by atoms with van der Waals surface area (Å²) in [4.78, 5) is 30.8. The van der Waals surface area contributed by atoms with Crippen LogP contribution >= 0.6 is 0 Å². The Balaban J connectivity index is 2.17. The Hall–Kier alpha value is -2.31. The molecule has 0 bridgehead atoms. The zero-order valence-corrected chi connectivity index (χ0v) is 11.6. The lowest BCUT2D eigenvalue weighted by Crippen LogP contribution is -2.48. The van der Waals surface area contributed by atoms with E-state index in [1.807, 2.05) is 4.90 Å². The molecule has 0 radical (unpaired) electrons. The van der Waals surface area contributed by atoms with E-state index in [2.05, 4.69) is 9.72 Å². The Kier molecular flexibility index (Phi) is 4.07. The fourth-order valence-electron chi connectivity index (χ4n) is 2.16. The number of carbonyl (C=O) groups excluding carboxylic acids is 2. The van der Waals surface area contributed by atoms with Crippen molar-refractivity contribution in [1.82, 2.24) is 9.88 Å². The van der Waals surface area contributed by atoms with Gasteiger partial charge in [0, 0.05) is 33.1 Å². The van der Waals surface area contributed by atoms with Gasteiger partial charge in [0.1, 0.15) is 0 Å². The highest BCUT2D eigenvalue weighted by atomic mass is 16.5. The molecule has 0 aromatic carbocycles. The van der Waals surface area contributed by atoms with Gasteiger partial charge < -0.3 is 20.3 Å². The zero-order chi connectivity index (χ0) is 14.7. The minimum Gasteiger partial charge on any atom is -0.464 e. The van der Waals surface area contributed by atoms with E-state index >= 15 is 0 Å². The van der Waals surface area contributed by atoms with Gasteiger partial charge in [0.15, 0.2) is 11.5 Å². The van der Waals surface area contributed by atoms with Crippen molar-refractivity contribution < 1.29 is 14.3 Å². The Morgan fingerprint density at radius 2 is 1.90 bits per heavy atom. The molecule has 7 nitrogen and oxygen atoms in total. The normalized spacial score (nSPS) is 15.1. The van der Waals surface area contributed by atoms with E-state index in [0.717, 1.165) is 0 Å². The molecular weight excluding hydrogens is 260 g/mol. The molecule has 1 aliphatic rings. The number of anilines is 2. The van der Waals surface area contributed by atoms with Crippen molar-refractivity contribution in [2.24, 2.45) is 0 Å². The van der Waals surface area contributed by atoms with Gasteiger partial charge in [-0.15, -0.1) is 0 Å². The average Bonchev–Trinajstić information content (AvgIpc) is 2.47. The van der Waals surface area contributed by atoms with Crippen LogP contribution in [0.25, 0.3) is 0 Å². The topological polar surface area (TPSA) is 88.8 Å². The number of rotatable bonds is 2. The van der Waals surface area contributed by atoms with E-state index in [0.29, 0.717) is 37.7 Å². The van der Waals surface area contributed by atoms with E-state index in [1.165, 1.54) is 13.2 Å². The van der Waals surface area contributed by atoms with Crippen molar-refractivity contribution in [3.8, 4) is 0 Å². The molecule has 0 spiro atoms. The van der Waals surface area contributed by atoms with Gasteiger partial charge in [0.2, 0.25) is 5.91 Å². The summed E-state index contributed by atoms with van der Waals surface area (Å²) in [5.74, 6) is 0.138. The fraction of sp³-hybridized carbons (Fsp3) is 0.462. The molecule has 1 aromatic rings. The van der Waals surface area contributed by atoms with Crippen LogP contribution in [-0.2, 0) is 9.53 Å². The molecule has 2 N–H and O–H groups in total. The van der Waals surface area contributed by atoms with Gasteiger partial charge in [0.25, 0.3) is 0 Å². The average molecular weight is 278 g/mol. The summed E-state index contributed by atoms with van der Waals surface area (Å²) in [5, 5.41) is 0. The maximum atomic E-state index is 11.5. The van der Waals surface area contributed by atoms with Crippen molar-refractivity contribution in [2.45, 2.75) is 6.92 Å². The molecule has 0 aliphatic carbocycles. The molecule has 1 fully saturated rings. The molecule has 7 heteroatoms. The van der Waals surface area contributed by atoms with Crippen LogP contribution in [0, 0.1) is 0 Å². The van der Waals surface area contributed by atoms with E-state index in [-0.39, 0.29) is 11.6 Å². The lowest BCUT2D eigenvalue weighted by atomic mass is 10.2. The molecular formula is C13H18N4O3. The molecule has 1 aromatic heterocycles. The maximum Gasteiger partial charge on any atom is 0.356 e. The molecule has 20 heavy (non-hydrogen) atoms. The largest absolute Gasteiger partial charge is 0.464 e. The number of ether oxygens (including phenoxy) is 1. The molecule has 2 heterocycles. The quantitative estimate of drug-likeness (QED) is 0.773. The lowest BCUT2D eigenvalue weighted by molar-refractivity contribution is -0.129. The Bertz CT molecular complexity index is 524. The molecule has 1 saturated heterocycles. The number of aromatic nitrogens is 1. The van der Waals surface area contributed by atoms with Crippen molar-refractivity contribution in [2.75, 3.05) is 43.9 Å². The smallest absolute Gasteiger partial charge is 0.356 e. The van der Waals surface area contributed by atoms with E-state index in [9.17, 15) is 9.59 Å². The van der Waals surface area contributed by atoms with Gasteiger partial charge in [-0.25, -0.2) is 9.78 Å². The maximum absolute atomic E-state index is 11.5. The third-order valence-corrected chi connectivity index (χ3v) is 3.32. The first-order valence-electron chi connectivity index (χ1n) is 6.38. The van der Waals surface area contributed by atoms with E-state index < -0.39 is 5.97 Å². The number of nitrogens with two attached hydrogens (primary N) is 1. The predicted molar refractivity (Wildman–Crippen MR) is 74.5 cm³/mol. The Morgan fingerprint density at radius 3 is 2.45 bits per heavy atom. The van der Waals surface area contributed by atoms with Crippen LogP contribution in [0.1, 0.15) is 17.4 Å². The number of carbonyl (C=O) groups is 2. The highest BCUT2D eigenvalue weighted by molar-refractivity contribution is 5.88. The summed E-state index contributed by atoms with van der Waals surface area (Å²) in [7, 11) is 1.31. The van der Waals surface area contributed by atoms with Crippen molar-refractivity contribution in [3.05, 3.63) is 17.8 Å². The van der Waals surface area contributed by atoms with Crippen LogP contribution in [0.15, 0.2) is 12.1 Å². The van der Waals surface area contributed by atoms with Gasteiger partial charge in [0.05, 0.1) is 12.8 Å². The highest BCUT2D eigenvalue weighted by Crippen LogP contribution is 2.22. The molecule has 1 amide bonds. The molecule has 0 atom stereocenters. The number of nitrogen functional groups attached to an aromatic ring is 1. The third-order valence-electron chi connectivity index (χ3n) is 3.32. The van der Waals surface area contributed by atoms with Gasteiger partial charge in [-0.3, -0.25) is 4.79 Å². The Morgan fingerprint density at radius 1 is 1.25 bits per heavy atom. The first kappa shape index (κ1) is 14.1. The lowest BCUT2D eigenvalue weighted by Gasteiger charge is -2.35. The molecule has 0 unspecified atom stereocenters. The first-order chi connectivity index (χ1) is 9.52. The van der Waals surface area contributed by atoms with Crippen LogP contribution < -0.4 is 10.6 Å². The van der Waals surface area contributed by atoms with Gasteiger partial charge in [-0.05, 0) is 12.1 Å². The monoisotopic (exact) mass is 278 g/mol. The predicted octanol–water partition coefficient (Wildman–Crippen LogP) is 0.119. The third kappa shape index (κ3) is 2.81. The number of pyridine rings is 1. The van der Waals surface area contributed by atoms with Crippen molar-refractivity contribution in [1.29, 1.82) is 0 Å². The molecule has 0 saturated carbocycles. The Labute approximate surface area is 117 Å². The van der Waals surface area contributed by atoms with Gasteiger partial charge in [-0.2, -0.15) is 0 Å². The number of hydrogen-bond acceptors (Lipinski definition) is 6. The van der Waals surface area contributed by atoms with Crippen LogP contribution in [-0.4, -0.2) is 55.0 Å². The van der Waals surface area contributed by atoms with Crippen LogP contribution in [0.4, 0.5) is 11.5 Å². The number of esters is 1. The zero-order valence-electron chi connectivity index (χ0n) is 11.6. The highest BCUT2D eigenvalue weighted by Gasteiger charge is 2.22. The summed E-state index contributed by atoms with van der Waals surface area (Å²) in [6, 6.07) is 3.18. The SMILES string of the molecule is COC(=O)c1ccc(N)c(N2CCN(C(C)=O)CC2)n1. The van der Waals surface area contributed by atoms with Gasteiger partial charge in [-0.1, -0.05) is 0 Å². The van der Waals surface area contributed by atoms with Crippen molar-refractivity contribution in [3.63, 3.8) is 0 Å². The van der Waals surface area contributed by atoms with Crippen LogP contribution in [0.2, 0.25) is 0 Å². The van der Waals surface area contributed by atoms with Crippen LogP contribution in [0.5, 0.6) is 0 Å². The van der Waals surface area contributed by atoms with E-state index in [4.69, 9.17) is 5.73 Å². The number of methoxy groups -OCH3 is 1. The van der Waals surface area contributed by atoms with Gasteiger partial charge >= 0.3 is 5.97 Å². The standard InChI is InChI=1S/C13H18N4O3/c1-9(18)16-5-7-17(8-6-16)12-10(14)3-4-11(15-12)13(19)20-2/h3-4H,5-8,14H2,1-2H3. The number of amides is 1. The first-order valence-corrected chi connectivity index (χ1v) is 6.38. The number of piperazine rings is 1. The summed E-state index contributed by atoms with van der Waals surface area (Å²) in [5.41, 5.74) is 6.66. The number of nitrogens with zero attached hydrogens (tertiary/aromatic N) is 3. The molecule has 108 valence electrons. The number of hydrogen-bond donors (Lipinski definition) is 1. The minimum absolute atomic E-state index is 0.0638. The van der Waals surface area contributed by atoms with E-state index in [1.54, 1.807) is 17.9 Å². The summed E-state index contributed by atoms with van der Waals surface area (Å²) >= 11 is 0. The second-order valence-electron chi connectivity index (χ2n) is 4.59. The second-order valence-corrected chi connectivity index (χ2v) is 4.59. The molecule has 2 rings (SSSR count). The molecule has 1 aliphatic heterocycles. The summed E-state index contributed by atoms with van der Waals surface area (Å²) < 4.78 is 4.65. The second kappa shape index (κ2) is 5.77.